The van der Waals surface area contributed by atoms with E-state index in [4.69, 9.17) is 9.26 Å². The zero-order chi connectivity index (χ0) is 15.5. The summed E-state index contributed by atoms with van der Waals surface area (Å²) >= 11 is 0. The molecule has 0 unspecified atom stereocenters. The number of anilines is 1. The number of carbonyl (C=O) groups excluding carboxylic acids is 1. The summed E-state index contributed by atoms with van der Waals surface area (Å²) in [7, 11) is 0. The van der Waals surface area contributed by atoms with Crippen molar-refractivity contribution in [3.05, 3.63) is 23.4 Å². The normalized spacial score (nSPS) is 19.3. The highest BCUT2D eigenvalue weighted by Crippen LogP contribution is 2.19. The van der Waals surface area contributed by atoms with Crippen molar-refractivity contribution in [1.29, 1.82) is 0 Å². The first-order chi connectivity index (χ1) is 10.6. The molecule has 0 bridgehead atoms. The van der Waals surface area contributed by atoms with Crippen molar-refractivity contribution in [2.45, 2.75) is 20.0 Å². The molecular weight excluding hydrogens is 288 g/mol. The second kappa shape index (κ2) is 6.24. The molecule has 1 amide bonds. The Kier molecular flexibility index (Phi) is 4.16. The van der Waals surface area contributed by atoms with Crippen LogP contribution in [0, 0.1) is 13.8 Å². The number of aromatic amines is 1. The molecule has 1 fully saturated rings. The van der Waals surface area contributed by atoms with Crippen molar-refractivity contribution >= 4 is 11.8 Å². The lowest BCUT2D eigenvalue weighted by Gasteiger charge is -2.30. The minimum absolute atomic E-state index is 0.150. The predicted molar refractivity (Wildman–Crippen MR) is 76.1 cm³/mol. The van der Waals surface area contributed by atoms with Crippen molar-refractivity contribution in [3.8, 4) is 0 Å². The van der Waals surface area contributed by atoms with Gasteiger partial charge in [0.1, 0.15) is 11.9 Å². The fourth-order valence-electron chi connectivity index (χ4n) is 2.31. The largest absolute Gasteiger partial charge is 0.367 e. The lowest BCUT2D eigenvalue weighted by Crippen LogP contribution is -2.42. The number of aromatic nitrogens is 4. The molecule has 9 heteroatoms. The van der Waals surface area contributed by atoms with E-state index in [1.165, 1.54) is 0 Å². The highest BCUT2D eigenvalue weighted by molar-refractivity contribution is 5.90. The number of carbonyl (C=O) groups is 1. The molecule has 3 heterocycles. The average Bonchev–Trinajstić information content (AvgIpc) is 3.08. The van der Waals surface area contributed by atoms with E-state index in [0.29, 0.717) is 31.4 Å². The molecular formula is C13H18N6O3. The van der Waals surface area contributed by atoms with E-state index in [1.54, 1.807) is 13.0 Å². The molecule has 1 atom stereocenters. The van der Waals surface area contributed by atoms with Gasteiger partial charge in [0.25, 0.3) is 0 Å². The maximum atomic E-state index is 12.0. The van der Waals surface area contributed by atoms with Crippen LogP contribution in [0.15, 0.2) is 10.6 Å². The molecule has 1 aliphatic heterocycles. The highest BCUT2D eigenvalue weighted by Gasteiger charge is 2.26. The second-order valence-corrected chi connectivity index (χ2v) is 5.25. The first kappa shape index (κ1) is 14.7. The van der Waals surface area contributed by atoms with E-state index in [-0.39, 0.29) is 18.6 Å². The molecule has 0 saturated carbocycles. The summed E-state index contributed by atoms with van der Waals surface area (Å²) in [5.74, 6) is 1.57. The van der Waals surface area contributed by atoms with Crippen LogP contribution in [0.25, 0.3) is 0 Å². The molecule has 0 radical (unpaired) electrons. The van der Waals surface area contributed by atoms with Crippen LogP contribution in [0.1, 0.15) is 23.4 Å². The van der Waals surface area contributed by atoms with Gasteiger partial charge in [0.2, 0.25) is 11.8 Å². The molecule has 9 nitrogen and oxygen atoms in total. The van der Waals surface area contributed by atoms with Gasteiger partial charge in [-0.25, -0.2) is 4.98 Å². The number of aryl methyl sites for hydroxylation is 2. The average molecular weight is 306 g/mol. The molecule has 0 aromatic carbocycles. The van der Waals surface area contributed by atoms with Crippen molar-refractivity contribution in [1.82, 2.24) is 25.2 Å². The van der Waals surface area contributed by atoms with Crippen LogP contribution in [0.3, 0.4) is 0 Å². The topological polar surface area (TPSA) is 109 Å². The number of nitrogens with zero attached hydrogens (tertiary/aromatic N) is 4. The Morgan fingerprint density at radius 2 is 2.41 bits per heavy atom. The van der Waals surface area contributed by atoms with E-state index < -0.39 is 0 Å². The van der Waals surface area contributed by atoms with Crippen molar-refractivity contribution in [3.63, 3.8) is 0 Å². The number of hydrogen-bond donors (Lipinski definition) is 2. The van der Waals surface area contributed by atoms with Gasteiger partial charge < -0.3 is 9.26 Å². The molecule has 1 saturated heterocycles. The van der Waals surface area contributed by atoms with Gasteiger partial charge in [-0.2, -0.15) is 5.10 Å². The first-order valence-corrected chi connectivity index (χ1v) is 7.06. The van der Waals surface area contributed by atoms with Gasteiger partial charge in [-0.05, 0) is 13.8 Å². The minimum atomic E-state index is -0.223. The maximum absolute atomic E-state index is 12.0. The number of amides is 1. The number of nitrogens with one attached hydrogen (secondary N) is 2. The Morgan fingerprint density at radius 3 is 3.09 bits per heavy atom. The highest BCUT2D eigenvalue weighted by atomic mass is 16.5. The van der Waals surface area contributed by atoms with E-state index in [0.717, 1.165) is 11.5 Å². The molecule has 2 aromatic rings. The van der Waals surface area contributed by atoms with E-state index in [2.05, 4.69) is 25.7 Å². The van der Waals surface area contributed by atoms with Crippen LogP contribution in [-0.2, 0) is 9.53 Å². The summed E-state index contributed by atoms with van der Waals surface area (Å²) in [6, 6.07) is 1.68. The lowest BCUT2D eigenvalue weighted by molar-refractivity contribution is -0.119. The van der Waals surface area contributed by atoms with Crippen molar-refractivity contribution < 1.29 is 14.1 Å². The van der Waals surface area contributed by atoms with Crippen molar-refractivity contribution in [2.75, 3.05) is 31.6 Å². The molecule has 118 valence electrons. The van der Waals surface area contributed by atoms with Crippen LogP contribution < -0.4 is 5.32 Å². The quantitative estimate of drug-likeness (QED) is 0.842. The molecule has 1 aliphatic rings. The summed E-state index contributed by atoms with van der Waals surface area (Å²) < 4.78 is 10.6. The monoisotopic (exact) mass is 306 g/mol. The lowest BCUT2D eigenvalue weighted by atomic mass is 10.2. The summed E-state index contributed by atoms with van der Waals surface area (Å²) in [5.41, 5.74) is 0.724. The summed E-state index contributed by atoms with van der Waals surface area (Å²) in [6.45, 7) is 5.67. The third kappa shape index (κ3) is 3.49. The fourth-order valence-corrected chi connectivity index (χ4v) is 2.31. The molecule has 0 spiro atoms. The molecule has 22 heavy (non-hydrogen) atoms. The number of rotatable bonds is 4. The predicted octanol–water partition coefficient (Wildman–Crippen LogP) is 0.422. The van der Waals surface area contributed by atoms with Crippen molar-refractivity contribution in [2.24, 2.45) is 0 Å². The number of hydrogen-bond acceptors (Lipinski definition) is 7. The van der Waals surface area contributed by atoms with Gasteiger partial charge in [-0.1, -0.05) is 5.16 Å². The van der Waals surface area contributed by atoms with Crippen LogP contribution in [-0.4, -0.2) is 57.4 Å². The van der Waals surface area contributed by atoms with Crippen LogP contribution in [0.5, 0.6) is 0 Å². The summed E-state index contributed by atoms with van der Waals surface area (Å²) in [4.78, 5) is 18.3. The van der Waals surface area contributed by atoms with E-state index >= 15 is 0 Å². The first-order valence-electron chi connectivity index (χ1n) is 7.06. The molecule has 2 aromatic heterocycles. The number of ether oxygens (including phenoxy) is 1. The Balaban J connectivity index is 1.54. The van der Waals surface area contributed by atoms with Gasteiger partial charge in [-0.3, -0.25) is 20.1 Å². The van der Waals surface area contributed by atoms with Gasteiger partial charge in [0.15, 0.2) is 5.82 Å². The van der Waals surface area contributed by atoms with Crippen LogP contribution >= 0.6 is 0 Å². The standard InChI is InChI=1S/C13H18N6O3/c1-8-5-12(22-18-8)15-11(20)7-19-3-4-21-10(6-19)13-14-9(2)16-17-13/h5,10H,3-4,6-7H2,1-2H3,(H,15,20)(H,14,16,17)/t10-/m1/s1. The summed E-state index contributed by atoms with van der Waals surface area (Å²) in [5, 5.41) is 13.3. The molecule has 0 aliphatic carbocycles. The number of morpholine rings is 1. The minimum Gasteiger partial charge on any atom is -0.367 e. The third-order valence-corrected chi connectivity index (χ3v) is 3.31. The Hall–Kier alpha value is -2.26. The Morgan fingerprint density at radius 1 is 1.55 bits per heavy atom. The van der Waals surface area contributed by atoms with Crippen LogP contribution in [0.4, 0.5) is 5.88 Å². The van der Waals surface area contributed by atoms with Crippen LogP contribution in [0.2, 0.25) is 0 Å². The second-order valence-electron chi connectivity index (χ2n) is 5.25. The number of H-pyrrole nitrogens is 1. The van der Waals surface area contributed by atoms with Gasteiger partial charge in [0.05, 0.1) is 18.8 Å². The zero-order valence-corrected chi connectivity index (χ0v) is 12.5. The van der Waals surface area contributed by atoms with Gasteiger partial charge >= 0.3 is 0 Å². The fraction of sp³-hybridized carbons (Fsp3) is 0.538. The SMILES string of the molecule is Cc1cc(NC(=O)CN2CCO[C@@H](c3n[nH]c(C)n3)C2)on1. The van der Waals surface area contributed by atoms with E-state index in [1.807, 2.05) is 11.8 Å². The smallest absolute Gasteiger partial charge is 0.240 e. The van der Waals surface area contributed by atoms with E-state index in [9.17, 15) is 4.79 Å². The third-order valence-electron chi connectivity index (χ3n) is 3.31. The molecule has 2 N–H and O–H groups in total. The summed E-state index contributed by atoms with van der Waals surface area (Å²) in [6.07, 6.45) is -0.223. The maximum Gasteiger partial charge on any atom is 0.240 e. The Labute approximate surface area is 127 Å². The van der Waals surface area contributed by atoms with Gasteiger partial charge in [-0.15, -0.1) is 0 Å². The molecule has 3 rings (SSSR count). The Bertz CT molecular complexity index is 652. The zero-order valence-electron chi connectivity index (χ0n) is 12.5. The van der Waals surface area contributed by atoms with Gasteiger partial charge in [0, 0.05) is 19.2 Å².